The molecule has 1 aliphatic heterocycles. The zero-order chi connectivity index (χ0) is 9.97. The van der Waals surface area contributed by atoms with Crippen LogP contribution in [0.15, 0.2) is 18.3 Å². The first kappa shape index (κ1) is 9.97. The maximum Gasteiger partial charge on any atom is 0.129 e. The summed E-state index contributed by atoms with van der Waals surface area (Å²) in [5.41, 5.74) is 1.29. The van der Waals surface area contributed by atoms with Crippen LogP contribution in [-0.4, -0.2) is 22.9 Å². The highest BCUT2D eigenvalue weighted by atomic mass is 79.9. The molecule has 0 spiro atoms. The van der Waals surface area contributed by atoms with Gasteiger partial charge in [-0.3, -0.25) is 0 Å². The van der Waals surface area contributed by atoms with E-state index in [1.165, 1.54) is 18.4 Å². The van der Waals surface area contributed by atoms with E-state index in [9.17, 15) is 0 Å². The second-order valence-corrected chi connectivity index (χ2v) is 4.48. The summed E-state index contributed by atoms with van der Waals surface area (Å²) < 4.78 is 0. The number of anilines is 1. The van der Waals surface area contributed by atoms with Crippen molar-refractivity contribution in [2.24, 2.45) is 0 Å². The van der Waals surface area contributed by atoms with Crippen LogP contribution < -0.4 is 4.90 Å². The molecule has 1 atom stereocenters. The quantitative estimate of drug-likeness (QED) is 0.755. The average molecular weight is 255 g/mol. The Hall–Kier alpha value is -0.570. The number of aryl methyl sites for hydroxylation is 1. The highest BCUT2D eigenvalue weighted by Gasteiger charge is 2.24. The molecular weight excluding hydrogens is 240 g/mol. The van der Waals surface area contributed by atoms with E-state index in [1.807, 2.05) is 12.3 Å². The van der Waals surface area contributed by atoms with Crippen LogP contribution in [0.1, 0.15) is 18.4 Å². The maximum absolute atomic E-state index is 4.42. The zero-order valence-corrected chi connectivity index (χ0v) is 10.00. The lowest BCUT2D eigenvalue weighted by molar-refractivity contribution is 0.741. The summed E-state index contributed by atoms with van der Waals surface area (Å²) in [5, 5.41) is 1.04. The van der Waals surface area contributed by atoms with Gasteiger partial charge in [-0.15, -0.1) is 0 Å². The Labute approximate surface area is 93.5 Å². The summed E-state index contributed by atoms with van der Waals surface area (Å²) in [6, 6.07) is 4.84. The number of hydrogen-bond donors (Lipinski definition) is 0. The van der Waals surface area contributed by atoms with Crippen molar-refractivity contribution in [2.45, 2.75) is 25.8 Å². The molecule has 2 heterocycles. The van der Waals surface area contributed by atoms with Gasteiger partial charge in [0.25, 0.3) is 0 Å². The van der Waals surface area contributed by atoms with Crippen molar-refractivity contribution in [3.8, 4) is 0 Å². The smallest absolute Gasteiger partial charge is 0.129 e. The molecule has 0 radical (unpaired) electrons. The molecule has 1 unspecified atom stereocenters. The van der Waals surface area contributed by atoms with Gasteiger partial charge in [0, 0.05) is 24.1 Å². The summed E-state index contributed by atoms with van der Waals surface area (Å²) >= 11 is 3.56. The van der Waals surface area contributed by atoms with Gasteiger partial charge in [0.05, 0.1) is 0 Å². The third-order valence-electron chi connectivity index (χ3n) is 2.75. The number of hydrogen-bond acceptors (Lipinski definition) is 2. The maximum atomic E-state index is 4.42. The van der Waals surface area contributed by atoms with Crippen LogP contribution in [0, 0.1) is 6.92 Å². The van der Waals surface area contributed by atoms with Crippen molar-refractivity contribution in [3.05, 3.63) is 23.9 Å². The van der Waals surface area contributed by atoms with E-state index in [4.69, 9.17) is 0 Å². The van der Waals surface area contributed by atoms with Crippen LogP contribution in [0.25, 0.3) is 0 Å². The molecule has 2 nitrogen and oxygen atoms in total. The minimum absolute atomic E-state index is 0.629. The number of alkyl halides is 1. The summed E-state index contributed by atoms with van der Waals surface area (Å²) in [4.78, 5) is 6.83. The Morgan fingerprint density at radius 2 is 2.50 bits per heavy atom. The van der Waals surface area contributed by atoms with Crippen molar-refractivity contribution in [2.75, 3.05) is 16.8 Å². The molecule has 0 bridgehead atoms. The molecule has 0 aliphatic carbocycles. The first-order valence-corrected chi connectivity index (χ1v) is 6.18. The molecule has 2 rings (SSSR count). The molecule has 1 aromatic rings. The second-order valence-electron chi connectivity index (χ2n) is 3.84. The monoisotopic (exact) mass is 254 g/mol. The summed E-state index contributed by atoms with van der Waals surface area (Å²) in [7, 11) is 0. The highest BCUT2D eigenvalue weighted by molar-refractivity contribution is 9.09. The summed E-state index contributed by atoms with van der Waals surface area (Å²) in [6.07, 6.45) is 4.46. The minimum atomic E-state index is 0.629. The SMILES string of the molecule is Cc1ccnc(N2CCCC2CBr)c1. The van der Waals surface area contributed by atoms with Crippen molar-refractivity contribution < 1.29 is 0 Å². The van der Waals surface area contributed by atoms with E-state index >= 15 is 0 Å². The molecule has 76 valence electrons. The van der Waals surface area contributed by atoms with Crippen molar-refractivity contribution >= 4 is 21.7 Å². The van der Waals surface area contributed by atoms with E-state index in [0.29, 0.717) is 6.04 Å². The van der Waals surface area contributed by atoms with Gasteiger partial charge >= 0.3 is 0 Å². The number of aromatic nitrogens is 1. The van der Waals surface area contributed by atoms with Crippen LogP contribution >= 0.6 is 15.9 Å². The molecule has 14 heavy (non-hydrogen) atoms. The van der Waals surface area contributed by atoms with Crippen LogP contribution in [0.3, 0.4) is 0 Å². The normalized spacial score (nSPS) is 21.6. The van der Waals surface area contributed by atoms with Gasteiger partial charge in [0.2, 0.25) is 0 Å². The molecule has 1 fully saturated rings. The van der Waals surface area contributed by atoms with Crippen LogP contribution in [0.4, 0.5) is 5.82 Å². The number of nitrogens with zero attached hydrogens (tertiary/aromatic N) is 2. The highest BCUT2D eigenvalue weighted by Crippen LogP contribution is 2.25. The average Bonchev–Trinajstić information content (AvgIpc) is 2.65. The number of rotatable bonds is 2. The van der Waals surface area contributed by atoms with Crippen LogP contribution in [-0.2, 0) is 0 Å². The van der Waals surface area contributed by atoms with E-state index in [1.54, 1.807) is 0 Å². The van der Waals surface area contributed by atoms with Crippen molar-refractivity contribution in [1.29, 1.82) is 0 Å². The van der Waals surface area contributed by atoms with Gasteiger partial charge in [-0.1, -0.05) is 15.9 Å². The predicted molar refractivity (Wildman–Crippen MR) is 63.1 cm³/mol. The Morgan fingerprint density at radius 1 is 1.64 bits per heavy atom. The lowest BCUT2D eigenvalue weighted by Gasteiger charge is -2.24. The topological polar surface area (TPSA) is 16.1 Å². The molecule has 0 aromatic carbocycles. The fourth-order valence-corrected chi connectivity index (χ4v) is 2.65. The van der Waals surface area contributed by atoms with E-state index < -0.39 is 0 Å². The standard InChI is InChI=1S/C11H15BrN2/c1-9-4-5-13-11(7-9)14-6-2-3-10(14)8-12/h4-5,7,10H,2-3,6,8H2,1H3. The van der Waals surface area contributed by atoms with Gasteiger partial charge in [-0.2, -0.15) is 0 Å². The molecule has 0 saturated carbocycles. The largest absolute Gasteiger partial charge is 0.353 e. The zero-order valence-electron chi connectivity index (χ0n) is 8.41. The van der Waals surface area contributed by atoms with Crippen LogP contribution in [0.2, 0.25) is 0 Å². The van der Waals surface area contributed by atoms with E-state index in [0.717, 1.165) is 17.7 Å². The minimum Gasteiger partial charge on any atom is -0.353 e. The van der Waals surface area contributed by atoms with Gasteiger partial charge in [-0.05, 0) is 37.5 Å². The Bertz CT molecular complexity index is 314. The van der Waals surface area contributed by atoms with Gasteiger partial charge in [0.1, 0.15) is 5.82 Å². The Kier molecular flexibility index (Phi) is 3.06. The molecule has 1 saturated heterocycles. The number of halogens is 1. The fourth-order valence-electron chi connectivity index (χ4n) is 1.98. The third-order valence-corrected chi connectivity index (χ3v) is 3.50. The third kappa shape index (κ3) is 1.92. The molecule has 0 amide bonds. The molecular formula is C11H15BrN2. The van der Waals surface area contributed by atoms with Crippen LogP contribution in [0.5, 0.6) is 0 Å². The number of pyridine rings is 1. The van der Waals surface area contributed by atoms with Gasteiger partial charge in [-0.25, -0.2) is 4.98 Å². The lowest BCUT2D eigenvalue weighted by atomic mass is 10.2. The molecule has 1 aliphatic rings. The van der Waals surface area contributed by atoms with Crippen molar-refractivity contribution in [3.63, 3.8) is 0 Å². The predicted octanol–water partition coefficient (Wildman–Crippen LogP) is 2.75. The fraction of sp³-hybridized carbons (Fsp3) is 0.545. The first-order chi connectivity index (χ1) is 6.81. The van der Waals surface area contributed by atoms with Crippen molar-refractivity contribution in [1.82, 2.24) is 4.98 Å². The Morgan fingerprint density at radius 3 is 3.21 bits per heavy atom. The summed E-state index contributed by atoms with van der Waals surface area (Å²) in [5.74, 6) is 1.13. The van der Waals surface area contributed by atoms with E-state index in [-0.39, 0.29) is 0 Å². The van der Waals surface area contributed by atoms with Gasteiger partial charge < -0.3 is 4.90 Å². The molecule has 3 heteroatoms. The first-order valence-electron chi connectivity index (χ1n) is 5.06. The van der Waals surface area contributed by atoms with E-state index in [2.05, 4.69) is 38.8 Å². The molecule has 0 N–H and O–H groups in total. The molecule has 1 aromatic heterocycles. The second kappa shape index (κ2) is 4.30. The lowest BCUT2D eigenvalue weighted by Crippen LogP contribution is -2.31. The van der Waals surface area contributed by atoms with Gasteiger partial charge in [0.15, 0.2) is 0 Å². The Balaban J connectivity index is 2.21. The summed E-state index contributed by atoms with van der Waals surface area (Å²) in [6.45, 7) is 3.26.